The first-order chi connectivity index (χ1) is 10.1. The van der Waals surface area contributed by atoms with Crippen LogP contribution in [0.4, 0.5) is 5.00 Å². The molecule has 1 aliphatic carbocycles. The van der Waals surface area contributed by atoms with Gasteiger partial charge in [0.05, 0.1) is 5.56 Å². The van der Waals surface area contributed by atoms with Crippen LogP contribution in [0.2, 0.25) is 5.22 Å². The van der Waals surface area contributed by atoms with Gasteiger partial charge in [-0.3, -0.25) is 4.79 Å². The van der Waals surface area contributed by atoms with Crippen LogP contribution in [-0.4, -0.2) is 5.91 Å². The van der Waals surface area contributed by atoms with Gasteiger partial charge < -0.3 is 9.73 Å². The maximum Gasteiger partial charge on any atom is 0.292 e. The molecular weight excluding hydrogens is 308 g/mol. The second-order valence-corrected chi connectivity index (χ2v) is 6.70. The molecule has 0 radical (unpaired) electrons. The van der Waals surface area contributed by atoms with Gasteiger partial charge in [0.15, 0.2) is 11.0 Å². The molecule has 2 heterocycles. The molecule has 2 aromatic rings. The predicted octanol–water partition coefficient (Wildman–Crippen LogP) is 4.24. The third-order valence-corrected chi connectivity index (χ3v) is 5.02. The number of nitrogens with zero attached hydrogens (tertiary/aromatic N) is 1. The van der Waals surface area contributed by atoms with Crippen molar-refractivity contribution in [3.8, 4) is 6.07 Å². The van der Waals surface area contributed by atoms with Crippen LogP contribution in [0, 0.1) is 17.2 Å². The first-order valence-corrected chi connectivity index (χ1v) is 7.89. The highest BCUT2D eigenvalue weighted by molar-refractivity contribution is 7.16. The molecule has 21 heavy (non-hydrogen) atoms. The van der Waals surface area contributed by atoms with Crippen LogP contribution >= 0.6 is 22.9 Å². The van der Waals surface area contributed by atoms with Crippen LogP contribution in [0.25, 0.3) is 0 Å². The number of hydrogen-bond acceptors (Lipinski definition) is 4. The quantitative estimate of drug-likeness (QED) is 0.899. The van der Waals surface area contributed by atoms with E-state index in [-0.39, 0.29) is 16.9 Å². The minimum absolute atomic E-state index is 0.142. The van der Waals surface area contributed by atoms with Gasteiger partial charge in [-0.25, -0.2) is 0 Å². The molecule has 4 nitrogen and oxygen atoms in total. The van der Waals surface area contributed by atoms with Gasteiger partial charge in [-0.2, -0.15) is 5.26 Å². The number of hydrogen-bond donors (Lipinski definition) is 1. The Morgan fingerprint density at radius 1 is 1.57 bits per heavy atom. The van der Waals surface area contributed by atoms with Crippen LogP contribution in [0.3, 0.4) is 0 Å². The van der Waals surface area contributed by atoms with Gasteiger partial charge in [-0.05, 0) is 54.5 Å². The van der Waals surface area contributed by atoms with E-state index in [1.165, 1.54) is 28.3 Å². The normalized spacial score (nSPS) is 17.1. The van der Waals surface area contributed by atoms with Gasteiger partial charge in [0, 0.05) is 4.88 Å². The summed E-state index contributed by atoms with van der Waals surface area (Å²) in [6.07, 6.45) is 2.95. The van der Waals surface area contributed by atoms with E-state index >= 15 is 0 Å². The lowest BCUT2D eigenvalue weighted by Gasteiger charge is -2.17. The van der Waals surface area contributed by atoms with Crippen molar-refractivity contribution >= 4 is 33.8 Å². The number of furan rings is 1. The van der Waals surface area contributed by atoms with E-state index in [0.717, 1.165) is 24.8 Å². The fraction of sp³-hybridized carbons (Fsp3) is 0.333. The monoisotopic (exact) mass is 320 g/mol. The second-order valence-electron chi connectivity index (χ2n) is 5.23. The molecule has 0 saturated carbocycles. The number of rotatable bonds is 2. The van der Waals surface area contributed by atoms with Gasteiger partial charge in [0.1, 0.15) is 11.1 Å². The van der Waals surface area contributed by atoms with Crippen molar-refractivity contribution in [3.05, 3.63) is 39.1 Å². The molecule has 0 fully saturated rings. The summed E-state index contributed by atoms with van der Waals surface area (Å²) in [7, 11) is 0. The molecular formula is C15H13ClN2O2S. The number of amides is 1. The topological polar surface area (TPSA) is 66.0 Å². The largest absolute Gasteiger partial charge is 0.440 e. The average Bonchev–Trinajstić information content (AvgIpc) is 3.01. The molecule has 1 amide bonds. The lowest BCUT2D eigenvalue weighted by atomic mass is 9.89. The predicted molar refractivity (Wildman–Crippen MR) is 81.9 cm³/mol. The first-order valence-electron chi connectivity index (χ1n) is 6.69. The molecule has 0 aliphatic heterocycles. The summed E-state index contributed by atoms with van der Waals surface area (Å²) < 4.78 is 5.09. The minimum Gasteiger partial charge on any atom is -0.440 e. The summed E-state index contributed by atoms with van der Waals surface area (Å²) in [6.45, 7) is 2.21. The van der Waals surface area contributed by atoms with E-state index in [1.54, 1.807) is 0 Å². The Kier molecular flexibility index (Phi) is 3.75. The van der Waals surface area contributed by atoms with Crippen molar-refractivity contribution < 1.29 is 9.21 Å². The summed E-state index contributed by atoms with van der Waals surface area (Å²) in [5.41, 5.74) is 1.68. The van der Waals surface area contributed by atoms with Gasteiger partial charge in [0.25, 0.3) is 5.91 Å². The summed E-state index contributed by atoms with van der Waals surface area (Å²) >= 11 is 7.16. The lowest BCUT2D eigenvalue weighted by molar-refractivity contribution is 0.0997. The van der Waals surface area contributed by atoms with Crippen molar-refractivity contribution in [3.63, 3.8) is 0 Å². The zero-order valence-electron chi connectivity index (χ0n) is 11.4. The molecule has 2 aromatic heterocycles. The van der Waals surface area contributed by atoms with E-state index in [1.807, 2.05) is 0 Å². The summed E-state index contributed by atoms with van der Waals surface area (Å²) in [5.74, 6) is 0.379. The highest BCUT2D eigenvalue weighted by Crippen LogP contribution is 2.39. The van der Waals surface area contributed by atoms with Crippen LogP contribution < -0.4 is 5.32 Å². The second kappa shape index (κ2) is 5.55. The third-order valence-electron chi connectivity index (χ3n) is 3.65. The van der Waals surface area contributed by atoms with Crippen molar-refractivity contribution in [1.29, 1.82) is 5.26 Å². The molecule has 1 unspecified atom stereocenters. The van der Waals surface area contributed by atoms with Crippen LogP contribution in [0.5, 0.6) is 0 Å². The van der Waals surface area contributed by atoms with E-state index < -0.39 is 0 Å². The molecule has 6 heteroatoms. The Balaban J connectivity index is 1.89. The van der Waals surface area contributed by atoms with Crippen molar-refractivity contribution in [2.45, 2.75) is 26.2 Å². The van der Waals surface area contributed by atoms with Crippen LogP contribution in [0.1, 0.15) is 39.9 Å². The van der Waals surface area contributed by atoms with E-state index in [0.29, 0.717) is 16.5 Å². The molecule has 3 rings (SSSR count). The molecule has 0 saturated heterocycles. The number of fused-ring (bicyclic) bond motifs is 1. The summed E-state index contributed by atoms with van der Waals surface area (Å²) in [6, 6.07) is 5.25. The Morgan fingerprint density at radius 3 is 3.05 bits per heavy atom. The third kappa shape index (κ3) is 2.69. The van der Waals surface area contributed by atoms with E-state index in [2.05, 4.69) is 18.3 Å². The number of nitriles is 1. The number of nitrogens with one attached hydrogen (secondary N) is 1. The summed E-state index contributed by atoms with van der Waals surface area (Å²) in [5, 5.41) is 12.9. The molecule has 1 atom stereocenters. The number of thiophene rings is 1. The fourth-order valence-electron chi connectivity index (χ4n) is 2.56. The lowest BCUT2D eigenvalue weighted by Crippen LogP contribution is -2.11. The Labute approximate surface area is 131 Å². The maximum atomic E-state index is 12.1. The molecule has 0 aromatic carbocycles. The van der Waals surface area contributed by atoms with E-state index in [4.69, 9.17) is 16.0 Å². The van der Waals surface area contributed by atoms with Crippen LogP contribution in [-0.2, 0) is 12.8 Å². The number of anilines is 1. The summed E-state index contributed by atoms with van der Waals surface area (Å²) in [4.78, 5) is 13.3. The van der Waals surface area contributed by atoms with Gasteiger partial charge in [0.2, 0.25) is 0 Å². The van der Waals surface area contributed by atoms with E-state index in [9.17, 15) is 10.1 Å². The minimum atomic E-state index is -0.384. The average molecular weight is 321 g/mol. The highest BCUT2D eigenvalue weighted by Gasteiger charge is 2.25. The fourth-order valence-corrected chi connectivity index (χ4v) is 4.06. The Bertz CT molecular complexity index is 741. The van der Waals surface area contributed by atoms with Crippen molar-refractivity contribution in [2.75, 3.05) is 5.32 Å². The standard InChI is InChI=1S/C15H13ClN2O2S/c1-8-2-3-9-10(7-17)15(21-12(9)6-8)18-14(19)11-4-5-13(16)20-11/h4-5,8H,2-3,6H2,1H3,(H,18,19). The number of carbonyl (C=O) groups is 1. The highest BCUT2D eigenvalue weighted by atomic mass is 35.5. The SMILES string of the molecule is CC1CCc2c(sc(NC(=O)c3ccc(Cl)o3)c2C#N)C1. The van der Waals surface area contributed by atoms with Crippen molar-refractivity contribution in [2.24, 2.45) is 5.92 Å². The zero-order valence-corrected chi connectivity index (χ0v) is 13.0. The number of halogens is 1. The smallest absolute Gasteiger partial charge is 0.292 e. The molecule has 0 bridgehead atoms. The van der Waals surface area contributed by atoms with Gasteiger partial charge in [-0.15, -0.1) is 11.3 Å². The molecule has 1 N–H and O–H groups in total. The van der Waals surface area contributed by atoms with Gasteiger partial charge in [-0.1, -0.05) is 6.92 Å². The first kappa shape index (κ1) is 14.2. The Hall–Kier alpha value is -1.77. The van der Waals surface area contributed by atoms with Gasteiger partial charge >= 0.3 is 0 Å². The molecule has 108 valence electrons. The number of carbonyl (C=O) groups excluding carboxylic acids is 1. The molecule has 0 spiro atoms. The Morgan fingerprint density at radius 2 is 2.38 bits per heavy atom. The zero-order chi connectivity index (χ0) is 15.0. The molecule has 1 aliphatic rings. The van der Waals surface area contributed by atoms with Crippen molar-refractivity contribution in [1.82, 2.24) is 0 Å². The maximum absolute atomic E-state index is 12.1. The van der Waals surface area contributed by atoms with Crippen LogP contribution in [0.15, 0.2) is 16.5 Å².